The molecule has 0 spiro atoms. The topological polar surface area (TPSA) is 114 Å². The van der Waals surface area contributed by atoms with Crippen molar-refractivity contribution in [2.24, 2.45) is 4.99 Å². The van der Waals surface area contributed by atoms with Crippen LogP contribution in [0.15, 0.2) is 27.7 Å². The van der Waals surface area contributed by atoms with Crippen molar-refractivity contribution in [3.63, 3.8) is 0 Å². The lowest BCUT2D eigenvalue weighted by molar-refractivity contribution is -0.380. The van der Waals surface area contributed by atoms with E-state index in [1.54, 1.807) is 6.07 Å². The molecule has 0 radical (unpaired) electrons. The lowest BCUT2D eigenvalue weighted by Gasteiger charge is -2.13. The number of carbonyl (C=O) groups excluding carboxylic acids is 1. The Morgan fingerprint density at radius 2 is 2.38 bits per heavy atom. The molecule has 9 nitrogen and oxygen atoms in total. The number of rotatable bonds is 7. The molecule has 0 aliphatic carbocycles. The number of nitrogens with zero attached hydrogens (tertiary/aromatic N) is 4. The molecule has 0 aromatic carbocycles. The van der Waals surface area contributed by atoms with Crippen molar-refractivity contribution in [3.8, 4) is 10.6 Å². The van der Waals surface area contributed by atoms with E-state index in [1.807, 2.05) is 6.34 Å². The lowest BCUT2D eigenvalue weighted by atomic mass is 10.3. The van der Waals surface area contributed by atoms with Crippen molar-refractivity contribution < 1.29 is 14.2 Å². The highest BCUT2D eigenvalue weighted by molar-refractivity contribution is 7.18. The van der Waals surface area contributed by atoms with Crippen LogP contribution in [0.25, 0.3) is 10.6 Å². The third kappa shape index (κ3) is 3.77. The third-order valence-corrected chi connectivity index (χ3v) is 4.48. The zero-order valence-corrected chi connectivity index (χ0v) is 13.5. The van der Waals surface area contributed by atoms with Crippen molar-refractivity contribution in [1.29, 1.82) is 0 Å². The highest BCUT2D eigenvalue weighted by Crippen LogP contribution is 2.32. The van der Waals surface area contributed by atoms with Gasteiger partial charge in [-0.3, -0.25) is 19.9 Å². The van der Waals surface area contributed by atoms with Crippen LogP contribution < -0.4 is 5.32 Å². The highest BCUT2D eigenvalue weighted by Gasteiger charge is 2.17. The second kappa shape index (κ2) is 7.21. The Balaban J connectivity index is 1.51. The monoisotopic (exact) mass is 349 g/mol. The number of nitro groups is 1. The van der Waals surface area contributed by atoms with Gasteiger partial charge in [0.15, 0.2) is 11.5 Å². The second-order valence-corrected chi connectivity index (χ2v) is 6.20. The average molecular weight is 349 g/mol. The predicted octanol–water partition coefficient (Wildman–Crippen LogP) is 1.78. The number of amides is 1. The molecule has 3 heterocycles. The molecule has 1 N–H and O–H groups in total. The van der Waals surface area contributed by atoms with Gasteiger partial charge in [-0.05, 0) is 12.5 Å². The molecule has 2 aromatic heterocycles. The van der Waals surface area contributed by atoms with Gasteiger partial charge in [0.25, 0.3) is 5.91 Å². The Labute approximate surface area is 141 Å². The Bertz CT molecular complexity index is 769. The van der Waals surface area contributed by atoms with E-state index in [0.717, 1.165) is 37.4 Å². The summed E-state index contributed by atoms with van der Waals surface area (Å²) >= 11 is 0.972. The minimum absolute atomic E-state index is 0.0119. The number of thiophene rings is 1. The van der Waals surface area contributed by atoms with Gasteiger partial charge in [-0.2, -0.15) is 0 Å². The molecule has 0 atom stereocenters. The summed E-state index contributed by atoms with van der Waals surface area (Å²) in [6.45, 7) is 3.12. The van der Waals surface area contributed by atoms with Crippen molar-refractivity contribution in [2.45, 2.75) is 6.42 Å². The first kappa shape index (κ1) is 16.1. The van der Waals surface area contributed by atoms with E-state index in [-0.39, 0.29) is 16.6 Å². The van der Waals surface area contributed by atoms with E-state index in [2.05, 4.69) is 20.4 Å². The van der Waals surface area contributed by atoms with Crippen LogP contribution in [0.4, 0.5) is 5.00 Å². The van der Waals surface area contributed by atoms with Crippen LogP contribution >= 0.6 is 11.3 Å². The van der Waals surface area contributed by atoms with E-state index < -0.39 is 4.92 Å². The summed E-state index contributed by atoms with van der Waals surface area (Å²) in [7, 11) is 0. The van der Waals surface area contributed by atoms with Crippen LogP contribution in [0.2, 0.25) is 0 Å². The number of hydrogen-bond acceptors (Lipinski definition) is 8. The standard InChI is InChI=1S/C14H15N5O4S/c20-14(16-4-1-6-18-7-5-15-9-18)10-8-11(23-17-10)12-2-3-13(24-12)19(21)22/h2-3,8-9H,1,4-7H2,(H,16,20). The van der Waals surface area contributed by atoms with Crippen LogP contribution in [0, 0.1) is 10.1 Å². The maximum absolute atomic E-state index is 12.0. The first-order valence-electron chi connectivity index (χ1n) is 7.37. The minimum atomic E-state index is -0.469. The SMILES string of the molecule is O=C(NCCCN1C=NCC1)c1cc(-c2ccc([N+](=O)[O-])s2)on1. The molecule has 3 rings (SSSR count). The number of nitrogens with one attached hydrogen (secondary N) is 1. The van der Waals surface area contributed by atoms with Gasteiger partial charge in [-0.1, -0.05) is 16.5 Å². The first-order valence-corrected chi connectivity index (χ1v) is 8.18. The zero-order valence-electron chi connectivity index (χ0n) is 12.7. The van der Waals surface area contributed by atoms with Crippen molar-refractivity contribution in [2.75, 3.05) is 26.2 Å². The summed E-state index contributed by atoms with van der Waals surface area (Å²) in [5, 5.41) is 17.2. The van der Waals surface area contributed by atoms with E-state index in [4.69, 9.17) is 4.52 Å². The molecule has 24 heavy (non-hydrogen) atoms. The van der Waals surface area contributed by atoms with Crippen molar-refractivity contribution >= 4 is 28.6 Å². The molecule has 1 aliphatic rings. The van der Waals surface area contributed by atoms with E-state index >= 15 is 0 Å². The summed E-state index contributed by atoms with van der Waals surface area (Å²) in [6.07, 6.45) is 2.63. The number of aliphatic imine (C=N–C) groups is 1. The zero-order chi connectivity index (χ0) is 16.9. The minimum Gasteiger partial charge on any atom is -0.361 e. The number of hydrogen-bond donors (Lipinski definition) is 1. The molecular weight excluding hydrogens is 334 g/mol. The van der Waals surface area contributed by atoms with Crippen LogP contribution in [-0.2, 0) is 0 Å². The molecular formula is C14H15N5O4S. The highest BCUT2D eigenvalue weighted by atomic mass is 32.1. The fraction of sp³-hybridized carbons (Fsp3) is 0.357. The van der Waals surface area contributed by atoms with Gasteiger partial charge >= 0.3 is 5.00 Å². The van der Waals surface area contributed by atoms with Gasteiger partial charge in [0.1, 0.15) is 0 Å². The molecule has 1 amide bonds. The summed E-state index contributed by atoms with van der Waals surface area (Å²) in [5.41, 5.74) is 0.156. The summed E-state index contributed by atoms with van der Waals surface area (Å²) in [4.78, 5) is 29.0. The quantitative estimate of drug-likeness (QED) is 0.463. The molecule has 0 saturated heterocycles. The molecule has 0 unspecified atom stereocenters. The number of carbonyl (C=O) groups is 1. The van der Waals surface area contributed by atoms with Gasteiger partial charge < -0.3 is 14.7 Å². The smallest absolute Gasteiger partial charge is 0.324 e. The molecule has 2 aromatic rings. The van der Waals surface area contributed by atoms with Crippen LogP contribution in [0.3, 0.4) is 0 Å². The fourth-order valence-corrected chi connectivity index (χ4v) is 2.99. The average Bonchev–Trinajstić information content (AvgIpc) is 3.32. The van der Waals surface area contributed by atoms with Gasteiger partial charge in [0.2, 0.25) is 0 Å². The Kier molecular flexibility index (Phi) is 4.85. The second-order valence-electron chi connectivity index (χ2n) is 5.14. The summed E-state index contributed by atoms with van der Waals surface area (Å²) in [6, 6.07) is 4.45. The maximum atomic E-state index is 12.0. The largest absolute Gasteiger partial charge is 0.361 e. The van der Waals surface area contributed by atoms with E-state index in [0.29, 0.717) is 17.2 Å². The predicted molar refractivity (Wildman–Crippen MR) is 88.4 cm³/mol. The molecule has 126 valence electrons. The normalized spacial score (nSPS) is 13.4. The third-order valence-electron chi connectivity index (χ3n) is 3.43. The van der Waals surface area contributed by atoms with Crippen LogP contribution in [-0.4, -0.2) is 53.4 Å². The molecule has 10 heteroatoms. The van der Waals surface area contributed by atoms with Crippen LogP contribution in [0.1, 0.15) is 16.9 Å². The van der Waals surface area contributed by atoms with Crippen molar-refractivity contribution in [1.82, 2.24) is 15.4 Å². The maximum Gasteiger partial charge on any atom is 0.324 e. The van der Waals surface area contributed by atoms with E-state index in [9.17, 15) is 14.9 Å². The van der Waals surface area contributed by atoms with Gasteiger partial charge in [0.05, 0.1) is 22.7 Å². The van der Waals surface area contributed by atoms with Crippen molar-refractivity contribution in [3.05, 3.63) is 34.0 Å². The molecule has 1 aliphatic heterocycles. The Morgan fingerprint density at radius 3 is 3.08 bits per heavy atom. The molecule has 0 saturated carbocycles. The van der Waals surface area contributed by atoms with Gasteiger partial charge in [0, 0.05) is 31.8 Å². The first-order chi connectivity index (χ1) is 11.6. The Hall–Kier alpha value is -2.75. The summed E-state index contributed by atoms with van der Waals surface area (Å²) in [5.74, 6) is 0.0117. The lowest BCUT2D eigenvalue weighted by Crippen LogP contribution is -2.28. The Morgan fingerprint density at radius 1 is 1.50 bits per heavy atom. The van der Waals surface area contributed by atoms with Gasteiger partial charge in [-0.25, -0.2) is 0 Å². The fourth-order valence-electron chi connectivity index (χ4n) is 2.22. The van der Waals surface area contributed by atoms with Gasteiger partial charge in [-0.15, -0.1) is 0 Å². The summed E-state index contributed by atoms with van der Waals surface area (Å²) < 4.78 is 5.10. The molecule has 0 fully saturated rings. The van der Waals surface area contributed by atoms with E-state index in [1.165, 1.54) is 12.1 Å². The number of aromatic nitrogens is 1. The van der Waals surface area contributed by atoms with Crippen LogP contribution in [0.5, 0.6) is 0 Å². The molecule has 0 bridgehead atoms.